The van der Waals surface area contributed by atoms with Crippen LogP contribution in [-0.2, 0) is 20.9 Å². The van der Waals surface area contributed by atoms with Crippen LogP contribution in [0, 0.1) is 5.92 Å². The summed E-state index contributed by atoms with van der Waals surface area (Å²) in [5.41, 5.74) is 3.36. The van der Waals surface area contributed by atoms with Crippen molar-refractivity contribution in [2.45, 2.75) is 32.3 Å². The minimum atomic E-state index is -0.553. The average Bonchev–Trinajstić information content (AvgIpc) is 2.82. The van der Waals surface area contributed by atoms with E-state index in [1.54, 1.807) is 31.4 Å². The Morgan fingerprint density at radius 3 is 2.55 bits per heavy atom. The summed E-state index contributed by atoms with van der Waals surface area (Å²) in [6, 6.07) is 12.2. The third-order valence-corrected chi connectivity index (χ3v) is 6.13. The molecule has 0 saturated carbocycles. The number of Topliss-reactive ketones (excluding diaryl/α,β-unsaturated/α-hetero) is 1. The number of rotatable bonds is 6. The first kappa shape index (κ1) is 22.5. The largest absolute Gasteiger partial charge is 0.504 e. The number of aromatic hydroxyl groups is 1. The van der Waals surface area contributed by atoms with Gasteiger partial charge >= 0.3 is 5.97 Å². The molecule has 2 unspecified atom stereocenters. The Kier molecular flexibility index (Phi) is 6.40. The fraction of sp³-hybridized carbons (Fsp3) is 0.308. The van der Waals surface area contributed by atoms with E-state index in [0.29, 0.717) is 29.7 Å². The Balaban J connectivity index is 1.69. The molecule has 0 amide bonds. The molecule has 1 heterocycles. The maximum Gasteiger partial charge on any atom is 0.336 e. The van der Waals surface area contributed by atoms with Gasteiger partial charge in [0.1, 0.15) is 18.1 Å². The molecule has 2 aliphatic rings. The van der Waals surface area contributed by atoms with Crippen molar-refractivity contribution in [3.8, 4) is 17.2 Å². The fourth-order valence-electron chi connectivity index (χ4n) is 4.48. The average molecular weight is 450 g/mol. The first-order valence-electron chi connectivity index (χ1n) is 10.8. The maximum atomic E-state index is 13.3. The lowest BCUT2D eigenvalue weighted by molar-refractivity contribution is -0.141. The van der Waals surface area contributed by atoms with Gasteiger partial charge in [-0.2, -0.15) is 0 Å². The van der Waals surface area contributed by atoms with Crippen molar-refractivity contribution in [3.63, 3.8) is 0 Å². The van der Waals surface area contributed by atoms with E-state index in [1.165, 1.54) is 13.2 Å². The van der Waals surface area contributed by atoms with Crippen LogP contribution >= 0.6 is 0 Å². The molecule has 1 aliphatic carbocycles. The predicted octanol–water partition coefficient (Wildman–Crippen LogP) is 3.98. The van der Waals surface area contributed by atoms with Gasteiger partial charge < -0.3 is 24.6 Å². The number of hydrogen-bond donors (Lipinski definition) is 2. The lowest BCUT2D eigenvalue weighted by Crippen LogP contribution is -2.40. The molecule has 172 valence electrons. The van der Waals surface area contributed by atoms with E-state index in [9.17, 15) is 14.7 Å². The molecule has 4 rings (SSSR count). The van der Waals surface area contributed by atoms with Crippen molar-refractivity contribution in [3.05, 3.63) is 76.6 Å². The topological polar surface area (TPSA) is 94.1 Å². The van der Waals surface area contributed by atoms with Crippen LogP contribution in [0.4, 0.5) is 0 Å². The smallest absolute Gasteiger partial charge is 0.336 e. The number of esters is 1. The van der Waals surface area contributed by atoms with Crippen molar-refractivity contribution >= 4 is 11.8 Å². The van der Waals surface area contributed by atoms with E-state index in [2.05, 4.69) is 5.32 Å². The second-order valence-electron chi connectivity index (χ2n) is 8.14. The van der Waals surface area contributed by atoms with Crippen LogP contribution in [0.3, 0.4) is 0 Å². The summed E-state index contributed by atoms with van der Waals surface area (Å²) in [5, 5.41) is 13.3. The highest BCUT2D eigenvalue weighted by atomic mass is 16.5. The second kappa shape index (κ2) is 9.40. The van der Waals surface area contributed by atoms with Crippen molar-refractivity contribution < 1.29 is 28.9 Å². The zero-order valence-corrected chi connectivity index (χ0v) is 18.9. The van der Waals surface area contributed by atoms with Crippen molar-refractivity contribution in [2.75, 3.05) is 14.2 Å². The Labute approximate surface area is 192 Å². The molecule has 0 saturated heterocycles. The Morgan fingerprint density at radius 2 is 1.85 bits per heavy atom. The summed E-state index contributed by atoms with van der Waals surface area (Å²) >= 11 is 0. The summed E-state index contributed by atoms with van der Waals surface area (Å²) < 4.78 is 16.1. The molecule has 2 atom stereocenters. The molecule has 2 aromatic carbocycles. The molecule has 7 heteroatoms. The van der Waals surface area contributed by atoms with Gasteiger partial charge in [0.25, 0.3) is 0 Å². The summed E-state index contributed by atoms with van der Waals surface area (Å²) in [5.74, 6) is -0.524. The number of methoxy groups -OCH3 is 2. The highest BCUT2D eigenvalue weighted by Gasteiger charge is 2.43. The van der Waals surface area contributed by atoms with Gasteiger partial charge in [0.05, 0.1) is 25.7 Å². The number of carbonyl (C=O) groups excluding carboxylic acids is 2. The molecule has 7 nitrogen and oxygen atoms in total. The zero-order valence-electron chi connectivity index (χ0n) is 18.9. The molecule has 33 heavy (non-hydrogen) atoms. The van der Waals surface area contributed by atoms with E-state index >= 15 is 0 Å². The van der Waals surface area contributed by atoms with E-state index in [-0.39, 0.29) is 23.9 Å². The SMILES string of the molecule is COc1ccc(COC(=O)C2=C(C)NC3=CCCC(=O)C3C2c2ccc(O)c(OC)c2)cc1. The summed E-state index contributed by atoms with van der Waals surface area (Å²) in [7, 11) is 3.05. The number of allylic oxidation sites excluding steroid dienone is 3. The number of fused-ring (bicyclic) bond motifs is 1. The highest BCUT2D eigenvalue weighted by molar-refractivity contribution is 5.96. The quantitative estimate of drug-likeness (QED) is 0.645. The molecular weight excluding hydrogens is 422 g/mol. The number of hydrogen-bond acceptors (Lipinski definition) is 7. The predicted molar refractivity (Wildman–Crippen MR) is 122 cm³/mol. The van der Waals surface area contributed by atoms with Crippen LogP contribution in [0.2, 0.25) is 0 Å². The van der Waals surface area contributed by atoms with Crippen molar-refractivity contribution in [1.82, 2.24) is 5.32 Å². The number of nitrogens with one attached hydrogen (secondary N) is 1. The number of ketones is 1. The Morgan fingerprint density at radius 1 is 1.09 bits per heavy atom. The monoisotopic (exact) mass is 449 g/mol. The van der Waals surface area contributed by atoms with Gasteiger partial charge in [-0.25, -0.2) is 4.79 Å². The third-order valence-electron chi connectivity index (χ3n) is 6.13. The molecule has 2 aromatic rings. The molecule has 0 fully saturated rings. The van der Waals surface area contributed by atoms with Gasteiger partial charge in [-0.1, -0.05) is 24.3 Å². The Hall–Kier alpha value is -3.74. The number of carbonyl (C=O) groups is 2. The Bertz CT molecular complexity index is 1130. The van der Waals surface area contributed by atoms with E-state index < -0.39 is 17.8 Å². The van der Waals surface area contributed by atoms with Gasteiger partial charge in [0, 0.05) is 23.7 Å². The molecular formula is C26H27NO6. The number of benzene rings is 2. The van der Waals surface area contributed by atoms with Crippen LogP contribution < -0.4 is 14.8 Å². The lowest BCUT2D eigenvalue weighted by atomic mass is 9.71. The lowest BCUT2D eigenvalue weighted by Gasteiger charge is -2.38. The number of ether oxygens (including phenoxy) is 3. The van der Waals surface area contributed by atoms with Crippen LogP contribution in [0.15, 0.2) is 65.5 Å². The second-order valence-corrected chi connectivity index (χ2v) is 8.14. The summed E-state index contributed by atoms with van der Waals surface area (Å²) in [6.45, 7) is 1.90. The van der Waals surface area contributed by atoms with E-state index in [4.69, 9.17) is 14.2 Å². The van der Waals surface area contributed by atoms with Crippen LogP contribution in [-0.4, -0.2) is 31.1 Å². The highest BCUT2D eigenvalue weighted by Crippen LogP contribution is 2.45. The first-order valence-corrected chi connectivity index (χ1v) is 10.8. The van der Waals surface area contributed by atoms with Gasteiger partial charge in [-0.05, 0) is 48.7 Å². The first-order chi connectivity index (χ1) is 15.9. The van der Waals surface area contributed by atoms with Crippen molar-refractivity contribution in [2.24, 2.45) is 5.92 Å². The molecule has 1 aliphatic heterocycles. The third kappa shape index (κ3) is 4.44. The molecule has 2 N–H and O–H groups in total. The minimum Gasteiger partial charge on any atom is -0.504 e. The zero-order chi connectivity index (χ0) is 23.5. The molecule has 0 bridgehead atoms. The van der Waals surface area contributed by atoms with Crippen molar-refractivity contribution in [1.29, 1.82) is 0 Å². The molecule has 0 spiro atoms. The van der Waals surface area contributed by atoms with Gasteiger partial charge in [0.15, 0.2) is 11.5 Å². The van der Waals surface area contributed by atoms with Crippen LogP contribution in [0.1, 0.15) is 36.8 Å². The molecule has 0 aromatic heterocycles. The molecule has 0 radical (unpaired) electrons. The van der Waals surface area contributed by atoms with E-state index in [0.717, 1.165) is 17.0 Å². The number of phenols is 1. The van der Waals surface area contributed by atoms with E-state index in [1.807, 2.05) is 25.1 Å². The summed E-state index contributed by atoms with van der Waals surface area (Å²) in [4.78, 5) is 26.3. The summed E-state index contributed by atoms with van der Waals surface area (Å²) in [6.07, 6.45) is 3.09. The van der Waals surface area contributed by atoms with Gasteiger partial charge in [0.2, 0.25) is 0 Å². The van der Waals surface area contributed by atoms with Gasteiger partial charge in [-0.3, -0.25) is 4.79 Å². The standard InChI is InChI=1S/C26H27NO6/c1-15-23(26(30)33-14-16-7-10-18(31-2)11-8-16)24(17-9-12-20(28)22(13-17)32-3)25-19(27-15)5-4-6-21(25)29/h5,7-13,24-25,27-28H,4,6,14H2,1-3H3. The maximum absolute atomic E-state index is 13.3. The van der Waals surface area contributed by atoms with Crippen LogP contribution in [0.25, 0.3) is 0 Å². The fourth-order valence-corrected chi connectivity index (χ4v) is 4.48. The minimum absolute atomic E-state index is 0.00902. The normalized spacial score (nSPS) is 19.8. The van der Waals surface area contributed by atoms with Gasteiger partial charge in [-0.15, -0.1) is 0 Å². The van der Waals surface area contributed by atoms with Crippen LogP contribution in [0.5, 0.6) is 17.2 Å². The number of phenolic OH excluding ortho intramolecular Hbond substituents is 1.